The van der Waals surface area contributed by atoms with Gasteiger partial charge in [-0.3, -0.25) is 10.2 Å². The lowest BCUT2D eigenvalue weighted by atomic mass is 9.74. The van der Waals surface area contributed by atoms with E-state index in [-0.39, 0.29) is 44.5 Å². The van der Waals surface area contributed by atoms with Crippen LogP contribution in [0.3, 0.4) is 0 Å². The van der Waals surface area contributed by atoms with Crippen LogP contribution in [0.5, 0.6) is 0 Å². The molecule has 1 unspecified atom stereocenters. The first-order valence-corrected chi connectivity index (χ1v) is 15.7. The van der Waals surface area contributed by atoms with Gasteiger partial charge in [0.15, 0.2) is 12.2 Å². The Morgan fingerprint density at radius 2 is 1.80 bits per heavy atom. The summed E-state index contributed by atoms with van der Waals surface area (Å²) in [5.74, 6) is -0.425. The fourth-order valence-electron chi connectivity index (χ4n) is 6.50. The molecule has 264 valence electrons. The number of aliphatic hydroxyl groups excluding tert-OH is 3. The van der Waals surface area contributed by atoms with Gasteiger partial charge in [0.05, 0.1) is 31.3 Å². The third-order valence-corrected chi connectivity index (χ3v) is 9.05. The fourth-order valence-corrected chi connectivity index (χ4v) is 6.50. The van der Waals surface area contributed by atoms with E-state index in [2.05, 4.69) is 21.3 Å². The van der Waals surface area contributed by atoms with Crippen LogP contribution in [0.15, 0.2) is 11.8 Å². The van der Waals surface area contributed by atoms with Gasteiger partial charge in [-0.05, 0) is 45.9 Å². The molecule has 0 aromatic carbocycles. The van der Waals surface area contributed by atoms with Crippen LogP contribution in [0, 0.1) is 5.41 Å². The third kappa shape index (κ3) is 8.44. The molecule has 18 heteroatoms. The van der Waals surface area contributed by atoms with Crippen molar-refractivity contribution in [2.75, 3.05) is 33.4 Å². The van der Waals surface area contributed by atoms with Gasteiger partial charge in [0.1, 0.15) is 41.4 Å². The first-order valence-electron chi connectivity index (χ1n) is 15.7. The molecule has 0 aromatic rings. The molecule has 0 aromatic heterocycles. The molecule has 18 nitrogen and oxygen atoms in total. The lowest BCUT2D eigenvalue weighted by Gasteiger charge is -2.49. The highest BCUT2D eigenvalue weighted by atomic mass is 16.7. The van der Waals surface area contributed by atoms with Gasteiger partial charge in [0, 0.05) is 31.5 Å². The number of hydrogen-bond donors (Lipinski definition) is 13. The van der Waals surface area contributed by atoms with Gasteiger partial charge in [0.25, 0.3) is 5.91 Å². The summed E-state index contributed by atoms with van der Waals surface area (Å²) in [6.45, 7) is 2.32. The number of carbonyl (C=O) groups is 1. The topological polar surface area (TPSA) is 305 Å². The summed E-state index contributed by atoms with van der Waals surface area (Å²) >= 11 is 0. The van der Waals surface area contributed by atoms with E-state index in [4.69, 9.17) is 46.7 Å². The number of hydrogen-bond acceptors (Lipinski definition) is 15. The van der Waals surface area contributed by atoms with Crippen molar-refractivity contribution in [1.29, 1.82) is 5.41 Å². The maximum Gasteiger partial charge on any atom is 0.252 e. The van der Waals surface area contributed by atoms with Gasteiger partial charge in [-0.15, -0.1) is 0 Å². The number of nitrogens with one attached hydrogen (secondary N) is 5. The zero-order valence-corrected chi connectivity index (χ0v) is 26.3. The van der Waals surface area contributed by atoms with Gasteiger partial charge in [-0.2, -0.15) is 0 Å². The normalized spacial score (nSPS) is 42.7. The van der Waals surface area contributed by atoms with Crippen molar-refractivity contribution < 1.29 is 49.3 Å². The van der Waals surface area contributed by atoms with Crippen LogP contribution < -0.4 is 38.5 Å². The summed E-state index contributed by atoms with van der Waals surface area (Å²) in [6.07, 6.45) is -4.61. The fraction of sp³-hybridized carbons (Fsp3) is 0.857. The van der Waals surface area contributed by atoms with Crippen LogP contribution in [-0.4, -0.2) is 149 Å². The standard InChI is InChI=1S/C28H52N8O10/c1-27(41)12-43-24(19(39)22(27)33-2)46-21-17(36-25(40)28(42)9-13(10-28)35-26(31)32)8-16(30)20(18(21)38)45-23-15(29)5-4-14(44-23)11-34-6-3-7-37/h4,13,15-24,33-34,37-39,41-42H,3,5-12,29-30H2,1-2H3,(H,36,40)(H4,31,32,35)/t13?,15-,16+,17-,18+,19-,20?,21+,22-,23-,24-,27+,28?/m1/s1. The molecule has 11 atom stereocenters. The van der Waals surface area contributed by atoms with Gasteiger partial charge in [0.2, 0.25) is 6.29 Å². The number of aliphatic hydroxyl groups is 5. The van der Waals surface area contributed by atoms with Crippen molar-refractivity contribution in [3.63, 3.8) is 0 Å². The first-order chi connectivity index (χ1) is 21.7. The molecule has 0 bridgehead atoms. The molecular formula is C28H52N8O10. The molecule has 3 fully saturated rings. The van der Waals surface area contributed by atoms with Crippen LogP contribution >= 0.6 is 0 Å². The van der Waals surface area contributed by atoms with Crippen molar-refractivity contribution >= 4 is 11.9 Å². The second-order valence-electron chi connectivity index (χ2n) is 13.0. The Hall–Kier alpha value is -2.20. The first kappa shape index (κ1) is 36.6. The van der Waals surface area contributed by atoms with E-state index in [9.17, 15) is 25.2 Å². The van der Waals surface area contributed by atoms with E-state index >= 15 is 0 Å². The van der Waals surface area contributed by atoms with Gasteiger partial charge in [-0.1, -0.05) is 0 Å². The summed E-state index contributed by atoms with van der Waals surface area (Å²) in [6, 6.07) is -3.60. The van der Waals surface area contributed by atoms with E-state index < -0.39 is 78.3 Å². The minimum Gasteiger partial charge on any atom is -0.467 e. The molecule has 2 aliphatic carbocycles. The monoisotopic (exact) mass is 660 g/mol. The highest BCUT2D eigenvalue weighted by molar-refractivity contribution is 5.87. The Morgan fingerprint density at radius 1 is 1.11 bits per heavy atom. The lowest BCUT2D eigenvalue weighted by molar-refractivity contribution is -0.304. The molecule has 1 amide bonds. The Kier molecular flexibility index (Phi) is 12.2. The summed E-state index contributed by atoms with van der Waals surface area (Å²) in [4.78, 5) is 13.3. The zero-order valence-electron chi connectivity index (χ0n) is 26.3. The van der Waals surface area contributed by atoms with E-state index in [1.54, 1.807) is 7.05 Å². The summed E-state index contributed by atoms with van der Waals surface area (Å²) in [5, 5.41) is 72.2. The maximum atomic E-state index is 13.3. The van der Waals surface area contributed by atoms with Crippen molar-refractivity contribution in [3.8, 4) is 0 Å². The number of likely N-dealkylation sites (N-methyl/N-ethyl adjacent to an activating group) is 1. The quantitative estimate of drug-likeness (QED) is 0.0498. The van der Waals surface area contributed by atoms with Crippen molar-refractivity contribution in [3.05, 3.63) is 11.8 Å². The Labute approximate surface area is 267 Å². The number of ether oxygens (including phenoxy) is 4. The largest absolute Gasteiger partial charge is 0.467 e. The Bertz CT molecular complexity index is 1080. The molecule has 1 saturated heterocycles. The molecule has 2 heterocycles. The molecule has 2 aliphatic heterocycles. The highest BCUT2D eigenvalue weighted by Crippen LogP contribution is 2.35. The van der Waals surface area contributed by atoms with Crippen molar-refractivity contribution in [1.82, 2.24) is 21.3 Å². The minimum atomic E-state index is -1.76. The average molecular weight is 661 g/mol. The Morgan fingerprint density at radius 3 is 2.46 bits per heavy atom. The van der Waals surface area contributed by atoms with Crippen LogP contribution in [0.1, 0.15) is 39.0 Å². The average Bonchev–Trinajstić information content (AvgIpc) is 2.96. The number of rotatable bonds is 13. The summed E-state index contributed by atoms with van der Waals surface area (Å²) < 4.78 is 24.0. The second kappa shape index (κ2) is 15.3. The molecule has 4 aliphatic rings. The predicted molar refractivity (Wildman–Crippen MR) is 163 cm³/mol. The van der Waals surface area contributed by atoms with Gasteiger partial charge >= 0.3 is 0 Å². The molecule has 0 radical (unpaired) electrons. The number of carbonyl (C=O) groups excluding carboxylic acids is 1. The van der Waals surface area contributed by atoms with Gasteiger partial charge in [-0.25, -0.2) is 0 Å². The SMILES string of the molecule is CN[C@@H]1[C@@H](O)[C@@H](O[C@H]2[C@H](NC(=O)C3(O)CC(NC(=N)N)C3)C[C@H](N)C(O[C@H]3OC(CNCCCO)=CC[C@H]3N)[C@@H]2O)OC[C@]1(C)O. The van der Waals surface area contributed by atoms with Crippen molar-refractivity contribution in [2.45, 2.75) is 117 Å². The number of nitrogens with two attached hydrogens (primary N) is 3. The molecule has 4 rings (SSSR count). The third-order valence-electron chi connectivity index (χ3n) is 9.05. The second-order valence-corrected chi connectivity index (χ2v) is 13.0. The number of amides is 1. The lowest BCUT2D eigenvalue weighted by Crippen LogP contribution is -2.71. The molecule has 46 heavy (non-hydrogen) atoms. The van der Waals surface area contributed by atoms with Crippen LogP contribution in [-0.2, 0) is 23.7 Å². The van der Waals surface area contributed by atoms with Crippen LogP contribution in [0.2, 0.25) is 0 Å². The van der Waals surface area contributed by atoms with E-state index in [1.165, 1.54) is 6.92 Å². The van der Waals surface area contributed by atoms with E-state index in [1.807, 2.05) is 6.08 Å². The summed E-state index contributed by atoms with van der Waals surface area (Å²) in [5.41, 5.74) is 15.0. The molecular weight excluding hydrogens is 608 g/mol. The summed E-state index contributed by atoms with van der Waals surface area (Å²) in [7, 11) is 1.57. The Balaban J connectivity index is 1.49. The van der Waals surface area contributed by atoms with Crippen LogP contribution in [0.25, 0.3) is 0 Å². The molecule has 0 spiro atoms. The molecule has 2 saturated carbocycles. The molecule has 16 N–H and O–H groups in total. The van der Waals surface area contributed by atoms with E-state index in [0.29, 0.717) is 31.7 Å². The maximum absolute atomic E-state index is 13.3. The van der Waals surface area contributed by atoms with E-state index in [0.717, 1.165) is 0 Å². The number of guanidine groups is 1. The highest BCUT2D eigenvalue weighted by Gasteiger charge is 2.54. The minimum absolute atomic E-state index is 0.00198. The zero-order chi connectivity index (χ0) is 33.8. The smallest absolute Gasteiger partial charge is 0.252 e. The van der Waals surface area contributed by atoms with Crippen molar-refractivity contribution in [2.24, 2.45) is 17.2 Å². The van der Waals surface area contributed by atoms with Gasteiger partial charge < -0.3 is 82.9 Å². The predicted octanol–water partition coefficient (Wildman–Crippen LogP) is -5.30. The van der Waals surface area contributed by atoms with Crippen LogP contribution in [0.4, 0.5) is 0 Å².